The SMILES string of the molecule is Fc1ccc2onc(N3CCN4C[C@H](COc5cccc(CNCC6CCCO6)n5)CC[C@@H]4C3)c2c1. The maximum absolute atomic E-state index is 13.8. The number of rotatable bonds is 8. The predicted octanol–water partition coefficient (Wildman–Crippen LogP) is 3.61. The zero-order valence-electron chi connectivity index (χ0n) is 20.6. The molecule has 3 aliphatic rings. The van der Waals surface area contributed by atoms with Gasteiger partial charge in [0.05, 0.1) is 23.8 Å². The number of nitrogens with one attached hydrogen (secondary N) is 1. The molecule has 3 aliphatic heterocycles. The first-order valence-electron chi connectivity index (χ1n) is 13.2. The Hall–Kier alpha value is -2.75. The van der Waals surface area contributed by atoms with Crippen LogP contribution in [0.1, 0.15) is 31.4 Å². The lowest BCUT2D eigenvalue weighted by Crippen LogP contribution is -2.57. The summed E-state index contributed by atoms with van der Waals surface area (Å²) in [5.74, 6) is 1.67. The van der Waals surface area contributed by atoms with E-state index < -0.39 is 0 Å². The molecule has 3 saturated heterocycles. The number of halogens is 1. The number of benzene rings is 1. The highest BCUT2D eigenvalue weighted by molar-refractivity contribution is 5.88. The number of aromatic nitrogens is 2. The summed E-state index contributed by atoms with van der Waals surface area (Å²) in [5, 5.41) is 8.45. The second-order valence-corrected chi connectivity index (χ2v) is 10.2. The van der Waals surface area contributed by atoms with Crippen molar-refractivity contribution in [1.82, 2.24) is 20.4 Å². The standard InChI is InChI=1S/C27H34FN5O3/c28-20-7-9-25-24(13-20)27(31-36-25)33-11-10-32-16-19(6-8-22(32)17-33)18-35-26-5-1-3-21(30-26)14-29-15-23-4-2-12-34-23/h1,3,5,7,9,13,19,22-23,29H,2,4,6,8,10-12,14-18H2/t19-,22-,23?/m1/s1. The first-order valence-corrected chi connectivity index (χ1v) is 13.2. The van der Waals surface area contributed by atoms with Gasteiger partial charge in [0, 0.05) is 63.9 Å². The van der Waals surface area contributed by atoms with Crippen LogP contribution in [0.5, 0.6) is 5.88 Å². The van der Waals surface area contributed by atoms with Gasteiger partial charge < -0.3 is 24.2 Å². The van der Waals surface area contributed by atoms with Crippen LogP contribution in [-0.2, 0) is 11.3 Å². The molecule has 9 heteroatoms. The van der Waals surface area contributed by atoms with Gasteiger partial charge in [-0.2, -0.15) is 0 Å². The van der Waals surface area contributed by atoms with Crippen LogP contribution in [0, 0.1) is 11.7 Å². The fraction of sp³-hybridized carbons (Fsp3) is 0.556. The molecule has 0 saturated carbocycles. The van der Waals surface area contributed by atoms with E-state index in [1.54, 1.807) is 6.07 Å². The van der Waals surface area contributed by atoms with Crippen molar-refractivity contribution < 1.29 is 18.4 Å². The van der Waals surface area contributed by atoms with E-state index in [-0.39, 0.29) is 5.82 Å². The Morgan fingerprint density at radius 1 is 1.11 bits per heavy atom. The summed E-state index contributed by atoms with van der Waals surface area (Å²) in [4.78, 5) is 9.49. The Labute approximate surface area is 210 Å². The number of pyridine rings is 1. The van der Waals surface area contributed by atoms with E-state index in [9.17, 15) is 4.39 Å². The summed E-state index contributed by atoms with van der Waals surface area (Å²) in [6.07, 6.45) is 4.85. The topological polar surface area (TPSA) is 75.9 Å². The Morgan fingerprint density at radius 3 is 3.00 bits per heavy atom. The molecule has 36 heavy (non-hydrogen) atoms. The van der Waals surface area contributed by atoms with Crippen molar-refractivity contribution in [3.63, 3.8) is 0 Å². The number of hydrogen-bond donors (Lipinski definition) is 1. The van der Waals surface area contributed by atoms with Crippen molar-refractivity contribution in [2.75, 3.05) is 50.8 Å². The molecule has 1 aromatic carbocycles. The van der Waals surface area contributed by atoms with Gasteiger partial charge in [-0.3, -0.25) is 4.90 Å². The molecule has 2 aromatic heterocycles. The second-order valence-electron chi connectivity index (χ2n) is 10.2. The fourth-order valence-corrected chi connectivity index (χ4v) is 5.72. The lowest BCUT2D eigenvalue weighted by molar-refractivity contribution is 0.0716. The summed E-state index contributed by atoms with van der Waals surface area (Å²) < 4.78 is 31.0. The third-order valence-corrected chi connectivity index (χ3v) is 7.67. The third-order valence-electron chi connectivity index (χ3n) is 7.67. The number of ether oxygens (including phenoxy) is 2. The zero-order valence-corrected chi connectivity index (χ0v) is 20.6. The molecule has 3 aromatic rings. The van der Waals surface area contributed by atoms with Crippen molar-refractivity contribution in [3.05, 3.63) is 47.9 Å². The third kappa shape index (κ3) is 5.33. The molecule has 6 rings (SSSR count). The zero-order chi connectivity index (χ0) is 24.3. The molecule has 0 aliphatic carbocycles. The first-order chi connectivity index (χ1) is 17.7. The predicted molar refractivity (Wildman–Crippen MR) is 135 cm³/mol. The van der Waals surface area contributed by atoms with Crippen LogP contribution in [0.15, 0.2) is 40.9 Å². The minimum absolute atomic E-state index is 0.263. The number of piperazine rings is 1. The van der Waals surface area contributed by atoms with Gasteiger partial charge in [0.2, 0.25) is 5.88 Å². The Morgan fingerprint density at radius 2 is 2.08 bits per heavy atom. The molecule has 5 heterocycles. The first kappa shape index (κ1) is 23.6. The van der Waals surface area contributed by atoms with Gasteiger partial charge in [-0.15, -0.1) is 0 Å². The van der Waals surface area contributed by atoms with E-state index >= 15 is 0 Å². The van der Waals surface area contributed by atoms with Crippen LogP contribution in [0.4, 0.5) is 10.2 Å². The molecule has 8 nitrogen and oxygen atoms in total. The van der Waals surface area contributed by atoms with E-state index in [0.717, 1.165) is 88.5 Å². The van der Waals surface area contributed by atoms with Gasteiger partial charge in [0.1, 0.15) is 5.82 Å². The number of piperidine rings is 1. The number of anilines is 1. The Balaban J connectivity index is 0.983. The average Bonchev–Trinajstić information content (AvgIpc) is 3.57. The largest absolute Gasteiger partial charge is 0.477 e. The van der Waals surface area contributed by atoms with Crippen LogP contribution in [0.25, 0.3) is 11.0 Å². The molecular formula is C27H34FN5O3. The number of fused-ring (bicyclic) bond motifs is 2. The quantitative estimate of drug-likeness (QED) is 0.508. The maximum Gasteiger partial charge on any atom is 0.213 e. The van der Waals surface area contributed by atoms with E-state index in [1.807, 2.05) is 18.2 Å². The lowest BCUT2D eigenvalue weighted by atomic mass is 9.91. The highest BCUT2D eigenvalue weighted by Gasteiger charge is 2.34. The highest BCUT2D eigenvalue weighted by atomic mass is 19.1. The van der Waals surface area contributed by atoms with Crippen LogP contribution >= 0.6 is 0 Å². The molecule has 3 atom stereocenters. The minimum Gasteiger partial charge on any atom is -0.477 e. The van der Waals surface area contributed by atoms with Gasteiger partial charge in [0.15, 0.2) is 11.4 Å². The lowest BCUT2D eigenvalue weighted by Gasteiger charge is -2.46. The Bertz CT molecular complexity index is 1170. The molecule has 192 valence electrons. The summed E-state index contributed by atoms with van der Waals surface area (Å²) in [6.45, 7) is 6.86. The highest BCUT2D eigenvalue weighted by Crippen LogP contribution is 2.31. The van der Waals surface area contributed by atoms with Crippen molar-refractivity contribution in [2.45, 2.75) is 44.4 Å². The van der Waals surface area contributed by atoms with Crippen molar-refractivity contribution in [2.24, 2.45) is 5.92 Å². The molecule has 0 amide bonds. The van der Waals surface area contributed by atoms with Crippen molar-refractivity contribution in [3.8, 4) is 5.88 Å². The van der Waals surface area contributed by atoms with Crippen molar-refractivity contribution >= 4 is 16.8 Å². The molecule has 1 N–H and O–H groups in total. The second kappa shape index (κ2) is 10.7. The molecule has 0 bridgehead atoms. The van der Waals surface area contributed by atoms with E-state index in [1.165, 1.54) is 12.1 Å². The summed E-state index contributed by atoms with van der Waals surface area (Å²) in [7, 11) is 0. The average molecular weight is 496 g/mol. The monoisotopic (exact) mass is 495 g/mol. The summed E-state index contributed by atoms with van der Waals surface area (Å²) in [5.41, 5.74) is 1.62. The summed E-state index contributed by atoms with van der Waals surface area (Å²) in [6, 6.07) is 11.0. The summed E-state index contributed by atoms with van der Waals surface area (Å²) >= 11 is 0. The van der Waals surface area contributed by atoms with Gasteiger partial charge in [-0.1, -0.05) is 11.2 Å². The van der Waals surface area contributed by atoms with E-state index in [0.29, 0.717) is 36.1 Å². The molecule has 1 unspecified atom stereocenters. The van der Waals surface area contributed by atoms with Crippen LogP contribution in [-0.4, -0.2) is 73.1 Å². The maximum atomic E-state index is 13.8. The van der Waals surface area contributed by atoms with Crippen LogP contribution in [0.3, 0.4) is 0 Å². The van der Waals surface area contributed by atoms with Crippen LogP contribution in [0.2, 0.25) is 0 Å². The molecule has 0 spiro atoms. The smallest absolute Gasteiger partial charge is 0.213 e. The number of nitrogens with zero attached hydrogens (tertiary/aromatic N) is 4. The van der Waals surface area contributed by atoms with Gasteiger partial charge in [0.25, 0.3) is 0 Å². The van der Waals surface area contributed by atoms with E-state index in [4.69, 9.17) is 14.0 Å². The van der Waals surface area contributed by atoms with Gasteiger partial charge in [-0.25, -0.2) is 9.37 Å². The van der Waals surface area contributed by atoms with Crippen molar-refractivity contribution in [1.29, 1.82) is 0 Å². The van der Waals surface area contributed by atoms with Gasteiger partial charge in [-0.05, 0) is 49.9 Å². The van der Waals surface area contributed by atoms with E-state index in [2.05, 4.69) is 25.3 Å². The minimum atomic E-state index is -0.263. The molecular weight excluding hydrogens is 461 g/mol. The fourth-order valence-electron chi connectivity index (χ4n) is 5.72. The number of hydrogen-bond acceptors (Lipinski definition) is 8. The molecule has 3 fully saturated rings. The van der Waals surface area contributed by atoms with Crippen LogP contribution < -0.4 is 15.0 Å². The van der Waals surface area contributed by atoms with Gasteiger partial charge >= 0.3 is 0 Å². The Kier molecular flexibility index (Phi) is 7.03. The molecule has 0 radical (unpaired) electrons. The normalized spacial score (nSPS) is 24.8.